The SMILES string of the molecule is O=C(O)C1CN(c2cccnn2)CC1c1ccc(F)cc1F. The molecule has 2 atom stereocenters. The van der Waals surface area contributed by atoms with Crippen molar-refractivity contribution in [3.05, 3.63) is 53.7 Å². The fraction of sp³-hybridized carbons (Fsp3) is 0.267. The molecule has 1 saturated heterocycles. The van der Waals surface area contributed by atoms with Crippen molar-refractivity contribution < 1.29 is 18.7 Å². The number of hydrogen-bond acceptors (Lipinski definition) is 4. The molecule has 0 amide bonds. The van der Waals surface area contributed by atoms with Crippen LogP contribution in [0.1, 0.15) is 11.5 Å². The number of benzene rings is 1. The molecule has 22 heavy (non-hydrogen) atoms. The monoisotopic (exact) mass is 305 g/mol. The molecule has 1 aliphatic rings. The van der Waals surface area contributed by atoms with E-state index >= 15 is 0 Å². The Bertz CT molecular complexity index is 696. The summed E-state index contributed by atoms with van der Waals surface area (Å²) < 4.78 is 27.0. The van der Waals surface area contributed by atoms with Gasteiger partial charge in [0, 0.05) is 31.3 Å². The molecule has 1 N–H and O–H groups in total. The summed E-state index contributed by atoms with van der Waals surface area (Å²) in [5, 5.41) is 17.1. The minimum atomic E-state index is -1.01. The normalized spacial score (nSPS) is 21.1. The summed E-state index contributed by atoms with van der Waals surface area (Å²) in [5.41, 5.74) is 0.209. The van der Waals surface area contributed by atoms with E-state index in [-0.39, 0.29) is 18.7 Å². The van der Waals surface area contributed by atoms with E-state index in [1.807, 2.05) is 0 Å². The fourth-order valence-electron chi connectivity index (χ4n) is 2.82. The first-order valence-electron chi connectivity index (χ1n) is 6.76. The molecule has 0 saturated carbocycles. The van der Waals surface area contributed by atoms with Crippen molar-refractivity contribution in [3.63, 3.8) is 0 Å². The van der Waals surface area contributed by atoms with Crippen molar-refractivity contribution in [3.8, 4) is 0 Å². The molecule has 1 aliphatic heterocycles. The Labute approximate surface area is 125 Å². The van der Waals surface area contributed by atoms with Crippen molar-refractivity contribution >= 4 is 11.8 Å². The fourth-order valence-corrected chi connectivity index (χ4v) is 2.82. The third kappa shape index (κ3) is 2.61. The van der Waals surface area contributed by atoms with Crippen LogP contribution in [-0.4, -0.2) is 34.4 Å². The Morgan fingerprint density at radius 2 is 2.09 bits per heavy atom. The minimum absolute atomic E-state index is 0.204. The Balaban J connectivity index is 1.94. The van der Waals surface area contributed by atoms with Gasteiger partial charge < -0.3 is 10.0 Å². The molecule has 0 aliphatic carbocycles. The van der Waals surface area contributed by atoms with E-state index in [4.69, 9.17) is 0 Å². The molecule has 2 aromatic rings. The molecule has 114 valence electrons. The predicted molar refractivity (Wildman–Crippen MR) is 74.5 cm³/mol. The van der Waals surface area contributed by atoms with Crippen LogP contribution in [0.5, 0.6) is 0 Å². The van der Waals surface area contributed by atoms with Gasteiger partial charge in [-0.3, -0.25) is 4.79 Å². The first-order chi connectivity index (χ1) is 10.6. The van der Waals surface area contributed by atoms with Crippen LogP contribution in [0.4, 0.5) is 14.6 Å². The van der Waals surface area contributed by atoms with Gasteiger partial charge in [0.05, 0.1) is 5.92 Å². The number of hydrogen-bond donors (Lipinski definition) is 1. The van der Waals surface area contributed by atoms with Gasteiger partial charge in [0.2, 0.25) is 0 Å². The molecule has 1 fully saturated rings. The van der Waals surface area contributed by atoms with Crippen LogP contribution >= 0.6 is 0 Å². The first-order valence-corrected chi connectivity index (χ1v) is 6.76. The number of aromatic nitrogens is 2. The highest BCUT2D eigenvalue weighted by molar-refractivity contribution is 5.73. The van der Waals surface area contributed by atoms with Gasteiger partial charge in [-0.1, -0.05) is 6.07 Å². The number of aliphatic carboxylic acids is 1. The zero-order valence-corrected chi connectivity index (χ0v) is 11.5. The van der Waals surface area contributed by atoms with E-state index in [2.05, 4.69) is 10.2 Å². The van der Waals surface area contributed by atoms with Crippen LogP contribution in [0.25, 0.3) is 0 Å². The molecule has 1 aromatic carbocycles. The minimum Gasteiger partial charge on any atom is -0.481 e. The van der Waals surface area contributed by atoms with Crippen molar-refractivity contribution in [1.82, 2.24) is 10.2 Å². The highest BCUT2D eigenvalue weighted by Crippen LogP contribution is 2.36. The third-order valence-electron chi connectivity index (χ3n) is 3.88. The number of carboxylic acids is 1. The zero-order valence-electron chi connectivity index (χ0n) is 11.5. The molecule has 0 radical (unpaired) electrons. The van der Waals surface area contributed by atoms with E-state index in [0.717, 1.165) is 12.1 Å². The predicted octanol–water partition coefficient (Wildman–Crippen LogP) is 2.06. The lowest BCUT2D eigenvalue weighted by molar-refractivity contribution is -0.141. The zero-order chi connectivity index (χ0) is 15.7. The quantitative estimate of drug-likeness (QED) is 0.940. The van der Waals surface area contributed by atoms with E-state index in [1.165, 1.54) is 12.3 Å². The van der Waals surface area contributed by atoms with Crippen LogP contribution in [-0.2, 0) is 4.79 Å². The van der Waals surface area contributed by atoms with Gasteiger partial charge in [0.1, 0.15) is 11.6 Å². The number of halogens is 2. The van der Waals surface area contributed by atoms with Gasteiger partial charge in [-0.2, -0.15) is 5.10 Å². The standard InChI is InChI=1S/C15H13F2N3O2/c16-9-3-4-10(13(17)6-9)11-7-20(8-12(11)15(21)22)14-2-1-5-18-19-14/h1-6,11-12H,7-8H2,(H,21,22). The summed E-state index contributed by atoms with van der Waals surface area (Å²) in [5.74, 6) is -3.24. The van der Waals surface area contributed by atoms with Gasteiger partial charge >= 0.3 is 5.97 Å². The summed E-state index contributed by atoms with van der Waals surface area (Å²) in [4.78, 5) is 13.2. The summed E-state index contributed by atoms with van der Waals surface area (Å²) in [7, 11) is 0. The molecule has 7 heteroatoms. The van der Waals surface area contributed by atoms with Crippen LogP contribution in [0.15, 0.2) is 36.5 Å². The maximum absolute atomic E-state index is 14.0. The second kappa shape index (κ2) is 5.67. The van der Waals surface area contributed by atoms with Crippen LogP contribution in [0.3, 0.4) is 0 Å². The Morgan fingerprint density at radius 3 is 2.73 bits per heavy atom. The second-order valence-corrected chi connectivity index (χ2v) is 5.20. The van der Waals surface area contributed by atoms with E-state index < -0.39 is 29.4 Å². The Hall–Kier alpha value is -2.57. The molecule has 0 bridgehead atoms. The topological polar surface area (TPSA) is 66.3 Å². The molecule has 1 aromatic heterocycles. The lowest BCUT2D eigenvalue weighted by Gasteiger charge is -2.17. The largest absolute Gasteiger partial charge is 0.481 e. The number of rotatable bonds is 3. The molecular formula is C15H13F2N3O2. The highest BCUT2D eigenvalue weighted by Gasteiger charge is 2.40. The summed E-state index contributed by atoms with van der Waals surface area (Å²) in [6.07, 6.45) is 1.52. The van der Waals surface area contributed by atoms with Crippen LogP contribution in [0.2, 0.25) is 0 Å². The molecule has 0 spiro atoms. The summed E-state index contributed by atoms with van der Waals surface area (Å²) in [6, 6.07) is 6.65. The van der Waals surface area contributed by atoms with Gasteiger partial charge in [-0.05, 0) is 23.8 Å². The van der Waals surface area contributed by atoms with E-state index in [0.29, 0.717) is 5.82 Å². The molecule has 2 unspecified atom stereocenters. The van der Waals surface area contributed by atoms with Gasteiger partial charge in [0.25, 0.3) is 0 Å². The number of carboxylic acid groups (broad SMARTS) is 1. The average molecular weight is 305 g/mol. The second-order valence-electron chi connectivity index (χ2n) is 5.20. The van der Waals surface area contributed by atoms with Crippen molar-refractivity contribution in [2.75, 3.05) is 18.0 Å². The molecule has 3 rings (SSSR count). The van der Waals surface area contributed by atoms with Gasteiger partial charge in [0.15, 0.2) is 5.82 Å². The smallest absolute Gasteiger partial charge is 0.308 e. The molecule has 5 nitrogen and oxygen atoms in total. The van der Waals surface area contributed by atoms with E-state index in [9.17, 15) is 18.7 Å². The maximum atomic E-state index is 14.0. The van der Waals surface area contributed by atoms with Crippen molar-refractivity contribution in [2.45, 2.75) is 5.92 Å². The van der Waals surface area contributed by atoms with Gasteiger partial charge in [-0.25, -0.2) is 8.78 Å². The maximum Gasteiger partial charge on any atom is 0.308 e. The average Bonchev–Trinajstić information content (AvgIpc) is 2.93. The van der Waals surface area contributed by atoms with Gasteiger partial charge in [-0.15, -0.1) is 5.10 Å². The lowest BCUT2D eigenvalue weighted by atomic mass is 9.88. The van der Waals surface area contributed by atoms with Crippen LogP contribution in [0, 0.1) is 17.6 Å². The summed E-state index contributed by atoms with van der Waals surface area (Å²) in [6.45, 7) is 0.494. The van der Waals surface area contributed by atoms with Crippen molar-refractivity contribution in [1.29, 1.82) is 0 Å². The Kier molecular flexibility index (Phi) is 3.70. The van der Waals surface area contributed by atoms with Crippen LogP contribution < -0.4 is 4.90 Å². The first kappa shape index (κ1) is 14.4. The number of anilines is 1. The third-order valence-corrected chi connectivity index (χ3v) is 3.88. The number of nitrogens with zero attached hydrogens (tertiary/aromatic N) is 3. The van der Waals surface area contributed by atoms with E-state index in [1.54, 1.807) is 17.0 Å². The number of carbonyl (C=O) groups is 1. The molecular weight excluding hydrogens is 292 g/mol. The lowest BCUT2D eigenvalue weighted by Crippen LogP contribution is -2.23. The highest BCUT2D eigenvalue weighted by atomic mass is 19.1. The Morgan fingerprint density at radius 1 is 1.27 bits per heavy atom. The van der Waals surface area contributed by atoms with Crippen molar-refractivity contribution in [2.24, 2.45) is 5.92 Å². The molecule has 2 heterocycles. The summed E-state index contributed by atoms with van der Waals surface area (Å²) >= 11 is 0.